The summed E-state index contributed by atoms with van der Waals surface area (Å²) in [4.78, 5) is 14.8. The minimum absolute atomic E-state index is 0.181. The van der Waals surface area contributed by atoms with Gasteiger partial charge in [0, 0.05) is 23.7 Å². The van der Waals surface area contributed by atoms with Crippen molar-refractivity contribution in [1.29, 1.82) is 0 Å². The van der Waals surface area contributed by atoms with Crippen LogP contribution in [0.3, 0.4) is 0 Å². The lowest BCUT2D eigenvalue weighted by atomic mass is 9.84. The quantitative estimate of drug-likeness (QED) is 0.919. The Kier molecular flexibility index (Phi) is 4.21. The van der Waals surface area contributed by atoms with Gasteiger partial charge < -0.3 is 19.4 Å². The van der Waals surface area contributed by atoms with Crippen molar-refractivity contribution in [2.24, 2.45) is 5.92 Å². The maximum absolute atomic E-state index is 12.4. The van der Waals surface area contributed by atoms with Gasteiger partial charge in [0.2, 0.25) is 0 Å². The van der Waals surface area contributed by atoms with Crippen molar-refractivity contribution in [1.82, 2.24) is 10.2 Å². The zero-order chi connectivity index (χ0) is 16.5. The van der Waals surface area contributed by atoms with Gasteiger partial charge >= 0.3 is 0 Å². The number of carbonyl (C=O) groups excluding carboxylic acids is 1. The van der Waals surface area contributed by atoms with Crippen LogP contribution >= 0.6 is 11.6 Å². The number of piperidine rings is 3. The average molecular weight is 347 g/mol. The lowest BCUT2D eigenvalue weighted by Gasteiger charge is -2.44. The Balaban J connectivity index is 1.39. The van der Waals surface area contributed by atoms with Crippen LogP contribution < -0.4 is 10.1 Å². The molecule has 1 amide bonds. The summed E-state index contributed by atoms with van der Waals surface area (Å²) in [6.45, 7) is 3.24. The standard InChI is InChI=1S/C18H19ClN2O3/c19-13-1-3-14(4-2-13)23-17-6-5-16(24-17)18(22)20-15-11-21-9-7-12(15)8-10-21/h1-6,12,15H,7-11H2,(H,20,22)/t15-/m0/s1. The van der Waals surface area contributed by atoms with Crippen LogP contribution in [0.4, 0.5) is 0 Å². The molecular formula is C18H19ClN2O3. The third kappa shape index (κ3) is 3.28. The fourth-order valence-corrected chi connectivity index (χ4v) is 3.61. The molecule has 1 aromatic carbocycles. The second-order valence-electron chi connectivity index (χ2n) is 6.39. The summed E-state index contributed by atoms with van der Waals surface area (Å²) < 4.78 is 11.1. The van der Waals surface area contributed by atoms with Gasteiger partial charge in [0.05, 0.1) is 0 Å². The molecule has 3 aliphatic rings. The molecule has 5 nitrogen and oxygen atoms in total. The van der Waals surface area contributed by atoms with E-state index in [1.807, 2.05) is 0 Å². The number of hydrogen-bond donors (Lipinski definition) is 1. The van der Waals surface area contributed by atoms with Crippen LogP contribution in [0, 0.1) is 5.92 Å². The molecule has 4 heterocycles. The van der Waals surface area contributed by atoms with Gasteiger partial charge in [0.1, 0.15) is 5.75 Å². The van der Waals surface area contributed by atoms with Gasteiger partial charge in [-0.2, -0.15) is 0 Å². The van der Waals surface area contributed by atoms with Gasteiger partial charge in [-0.3, -0.25) is 4.79 Å². The van der Waals surface area contributed by atoms with Gasteiger partial charge in [0.25, 0.3) is 11.9 Å². The van der Waals surface area contributed by atoms with E-state index in [2.05, 4.69) is 10.2 Å². The minimum Gasteiger partial charge on any atom is -0.426 e. The Hall–Kier alpha value is -1.98. The van der Waals surface area contributed by atoms with Crippen molar-refractivity contribution in [2.45, 2.75) is 18.9 Å². The second-order valence-corrected chi connectivity index (χ2v) is 6.83. The zero-order valence-corrected chi connectivity index (χ0v) is 14.0. The van der Waals surface area contributed by atoms with E-state index in [-0.39, 0.29) is 23.7 Å². The van der Waals surface area contributed by atoms with Gasteiger partial charge in [-0.1, -0.05) is 11.6 Å². The number of rotatable bonds is 4. The second kappa shape index (κ2) is 6.49. The number of amides is 1. The van der Waals surface area contributed by atoms with E-state index >= 15 is 0 Å². The van der Waals surface area contributed by atoms with Crippen LogP contribution in [0.15, 0.2) is 40.8 Å². The molecule has 2 bridgehead atoms. The molecule has 0 radical (unpaired) electrons. The highest BCUT2D eigenvalue weighted by Crippen LogP contribution is 2.28. The minimum atomic E-state index is -0.181. The fourth-order valence-electron chi connectivity index (χ4n) is 3.48. The summed E-state index contributed by atoms with van der Waals surface area (Å²) in [5.74, 6) is 1.57. The molecule has 6 heteroatoms. The number of halogens is 1. The van der Waals surface area contributed by atoms with Gasteiger partial charge in [0.15, 0.2) is 5.76 Å². The van der Waals surface area contributed by atoms with E-state index < -0.39 is 0 Å². The first-order valence-electron chi connectivity index (χ1n) is 8.24. The van der Waals surface area contributed by atoms with Crippen molar-refractivity contribution in [2.75, 3.05) is 19.6 Å². The molecule has 0 spiro atoms. The van der Waals surface area contributed by atoms with E-state index in [1.165, 1.54) is 0 Å². The van der Waals surface area contributed by atoms with E-state index in [4.69, 9.17) is 20.8 Å². The van der Waals surface area contributed by atoms with Crippen LogP contribution in [-0.2, 0) is 0 Å². The van der Waals surface area contributed by atoms with Crippen molar-refractivity contribution >= 4 is 17.5 Å². The summed E-state index contributed by atoms with van der Waals surface area (Å²) >= 11 is 5.84. The molecule has 1 atom stereocenters. The molecule has 1 N–H and O–H groups in total. The molecule has 3 aliphatic heterocycles. The summed E-state index contributed by atoms with van der Waals surface area (Å²) in [5, 5.41) is 3.74. The Morgan fingerprint density at radius 3 is 2.58 bits per heavy atom. The predicted molar refractivity (Wildman–Crippen MR) is 90.7 cm³/mol. The molecule has 0 saturated carbocycles. The number of furan rings is 1. The van der Waals surface area contributed by atoms with E-state index in [0.717, 1.165) is 32.5 Å². The highest BCUT2D eigenvalue weighted by molar-refractivity contribution is 6.30. The zero-order valence-electron chi connectivity index (χ0n) is 13.2. The summed E-state index contributed by atoms with van der Waals surface area (Å²) in [6.07, 6.45) is 2.32. The Bertz CT molecular complexity index is 720. The molecule has 5 rings (SSSR count). The maximum atomic E-state index is 12.4. The van der Waals surface area contributed by atoms with Gasteiger partial charge in [-0.15, -0.1) is 0 Å². The normalized spacial score (nSPS) is 25.5. The number of nitrogens with zero attached hydrogens (tertiary/aromatic N) is 1. The van der Waals surface area contributed by atoms with Crippen molar-refractivity contribution in [3.63, 3.8) is 0 Å². The number of benzene rings is 1. The maximum Gasteiger partial charge on any atom is 0.290 e. The Morgan fingerprint density at radius 1 is 1.17 bits per heavy atom. The average Bonchev–Trinajstić information content (AvgIpc) is 3.07. The number of fused-ring (bicyclic) bond motifs is 3. The third-order valence-corrected chi connectivity index (χ3v) is 5.06. The monoisotopic (exact) mass is 346 g/mol. The molecule has 0 aliphatic carbocycles. The topological polar surface area (TPSA) is 54.7 Å². The number of ether oxygens (including phenoxy) is 1. The van der Waals surface area contributed by atoms with Crippen LogP contribution in [0.5, 0.6) is 11.7 Å². The van der Waals surface area contributed by atoms with Crippen LogP contribution in [-0.4, -0.2) is 36.5 Å². The highest BCUT2D eigenvalue weighted by Gasteiger charge is 2.35. The highest BCUT2D eigenvalue weighted by atomic mass is 35.5. The molecule has 126 valence electrons. The summed E-state index contributed by atoms with van der Waals surface area (Å²) in [7, 11) is 0. The number of hydrogen-bond acceptors (Lipinski definition) is 4. The Labute approximate surface area is 145 Å². The van der Waals surface area contributed by atoms with Crippen molar-refractivity contribution in [3.8, 4) is 11.7 Å². The predicted octanol–water partition coefficient (Wildman–Crippen LogP) is 3.55. The lowest BCUT2D eigenvalue weighted by molar-refractivity contribution is 0.0603. The number of carbonyl (C=O) groups is 1. The fraction of sp³-hybridized carbons (Fsp3) is 0.389. The van der Waals surface area contributed by atoms with Crippen LogP contribution in [0.2, 0.25) is 5.02 Å². The van der Waals surface area contributed by atoms with E-state index in [0.29, 0.717) is 16.7 Å². The first-order valence-corrected chi connectivity index (χ1v) is 8.62. The Morgan fingerprint density at radius 2 is 1.92 bits per heavy atom. The van der Waals surface area contributed by atoms with E-state index in [9.17, 15) is 4.79 Å². The van der Waals surface area contributed by atoms with Crippen molar-refractivity contribution < 1.29 is 13.9 Å². The molecule has 2 aromatic rings. The molecule has 1 aromatic heterocycles. The molecular weight excluding hydrogens is 328 g/mol. The van der Waals surface area contributed by atoms with Crippen LogP contribution in [0.25, 0.3) is 0 Å². The SMILES string of the molecule is O=C(N[C@H]1CN2CCC1CC2)c1ccc(Oc2ccc(Cl)cc2)o1. The summed E-state index contributed by atoms with van der Waals surface area (Å²) in [5.41, 5.74) is 0. The molecule has 0 unspecified atom stereocenters. The van der Waals surface area contributed by atoms with Gasteiger partial charge in [-0.25, -0.2) is 0 Å². The lowest BCUT2D eigenvalue weighted by Crippen LogP contribution is -2.57. The molecule has 24 heavy (non-hydrogen) atoms. The van der Waals surface area contributed by atoms with Gasteiger partial charge in [-0.05, 0) is 62.2 Å². The largest absolute Gasteiger partial charge is 0.426 e. The molecule has 3 saturated heterocycles. The smallest absolute Gasteiger partial charge is 0.290 e. The van der Waals surface area contributed by atoms with Crippen molar-refractivity contribution in [3.05, 3.63) is 47.2 Å². The molecule has 3 fully saturated rings. The first-order chi connectivity index (χ1) is 11.7. The summed E-state index contributed by atoms with van der Waals surface area (Å²) in [6, 6.07) is 10.5. The van der Waals surface area contributed by atoms with Crippen LogP contribution in [0.1, 0.15) is 23.4 Å². The first kappa shape index (κ1) is 15.5. The number of nitrogens with one attached hydrogen (secondary N) is 1. The third-order valence-electron chi connectivity index (χ3n) is 4.81. The van der Waals surface area contributed by atoms with E-state index in [1.54, 1.807) is 36.4 Å².